The molecule has 5 rings (SSSR count). The van der Waals surface area contributed by atoms with Crippen LogP contribution in [0.5, 0.6) is 11.5 Å². The van der Waals surface area contributed by atoms with Crippen LogP contribution in [-0.2, 0) is 10.2 Å². The summed E-state index contributed by atoms with van der Waals surface area (Å²) >= 11 is 0. The van der Waals surface area contributed by atoms with E-state index in [1.807, 2.05) is 19.9 Å². The molecule has 2 N–H and O–H groups in total. The molecule has 2 aliphatic heterocycles. The monoisotopic (exact) mass is 468 g/mol. The van der Waals surface area contributed by atoms with Gasteiger partial charge >= 0.3 is 12.3 Å². The van der Waals surface area contributed by atoms with E-state index < -0.39 is 17.7 Å². The van der Waals surface area contributed by atoms with Crippen LogP contribution in [0.3, 0.4) is 0 Å². The number of nitrogens with zero attached hydrogens (tertiary/aromatic N) is 1. The largest absolute Gasteiger partial charge is 0.586 e. The predicted octanol–water partition coefficient (Wildman–Crippen LogP) is 4.47. The van der Waals surface area contributed by atoms with Gasteiger partial charge < -0.3 is 19.9 Å². The maximum atomic E-state index is 13.4. The van der Waals surface area contributed by atoms with Crippen LogP contribution in [-0.4, -0.2) is 29.0 Å². The van der Waals surface area contributed by atoms with Crippen LogP contribution in [0.1, 0.15) is 48.2 Å². The molecule has 2 aromatic rings. The van der Waals surface area contributed by atoms with Gasteiger partial charge in [0.05, 0.1) is 16.7 Å². The van der Waals surface area contributed by atoms with Crippen molar-refractivity contribution in [2.75, 3.05) is 0 Å². The van der Waals surface area contributed by atoms with Crippen molar-refractivity contribution in [1.29, 1.82) is 0 Å². The van der Waals surface area contributed by atoms with Gasteiger partial charge in [0, 0.05) is 5.92 Å². The van der Waals surface area contributed by atoms with Gasteiger partial charge in [0.2, 0.25) is 5.91 Å². The summed E-state index contributed by atoms with van der Waals surface area (Å²) in [5.74, 6) is -1.05. The van der Waals surface area contributed by atoms with Gasteiger partial charge in [-0.05, 0) is 60.2 Å². The topological polar surface area (TPSA) is 97.2 Å². The summed E-state index contributed by atoms with van der Waals surface area (Å²) in [7, 11) is 0. The zero-order valence-corrected chi connectivity index (χ0v) is 18.5. The van der Waals surface area contributed by atoms with E-state index in [1.165, 1.54) is 18.2 Å². The molecular weight excluding hydrogens is 446 g/mol. The number of fused-ring (bicyclic) bond motifs is 1. The molecule has 0 radical (unpaired) electrons. The Hall–Kier alpha value is -3.75. The van der Waals surface area contributed by atoms with Gasteiger partial charge in [-0.3, -0.25) is 4.79 Å². The molecule has 7 nitrogen and oxygen atoms in total. The van der Waals surface area contributed by atoms with Crippen LogP contribution in [0.4, 0.5) is 8.78 Å². The zero-order valence-electron chi connectivity index (χ0n) is 18.5. The number of carbonyl (C=O) groups is 2. The minimum atomic E-state index is -3.72. The van der Waals surface area contributed by atoms with Crippen LogP contribution in [0.25, 0.3) is 0 Å². The number of hydrogen-bond acceptors (Lipinski definition) is 5. The molecule has 0 aromatic heterocycles. The second-order valence-corrected chi connectivity index (χ2v) is 8.95. The molecule has 2 atom stereocenters. The van der Waals surface area contributed by atoms with Crippen molar-refractivity contribution in [2.45, 2.75) is 38.4 Å². The number of benzene rings is 2. The van der Waals surface area contributed by atoms with Crippen molar-refractivity contribution in [2.24, 2.45) is 16.8 Å². The number of aliphatic imine (C=N–C) groups is 1. The first kappa shape index (κ1) is 22.1. The number of carbonyl (C=O) groups excluding carboxylic acids is 1. The highest BCUT2D eigenvalue weighted by molar-refractivity contribution is 6.05. The van der Waals surface area contributed by atoms with E-state index >= 15 is 0 Å². The number of allylic oxidation sites excluding steroid dienone is 1. The Morgan fingerprint density at radius 2 is 1.82 bits per heavy atom. The first-order valence-corrected chi connectivity index (χ1v) is 10.9. The predicted molar refractivity (Wildman–Crippen MR) is 118 cm³/mol. The summed E-state index contributed by atoms with van der Waals surface area (Å²) in [4.78, 5) is 29.3. The maximum Gasteiger partial charge on any atom is 0.586 e. The summed E-state index contributed by atoms with van der Waals surface area (Å²) in [5.41, 5.74) is 1.23. The lowest BCUT2D eigenvalue weighted by Crippen LogP contribution is -2.36. The van der Waals surface area contributed by atoms with Gasteiger partial charge in [0.15, 0.2) is 11.5 Å². The summed E-state index contributed by atoms with van der Waals surface area (Å²) in [5, 5.41) is 12.2. The van der Waals surface area contributed by atoms with E-state index in [-0.39, 0.29) is 34.8 Å². The molecule has 1 aliphatic carbocycles. The summed E-state index contributed by atoms with van der Waals surface area (Å²) in [6.07, 6.45) is -0.733. The van der Waals surface area contributed by atoms with Crippen molar-refractivity contribution in [3.8, 4) is 11.5 Å². The zero-order chi connectivity index (χ0) is 24.3. The summed E-state index contributed by atoms with van der Waals surface area (Å²) in [6, 6.07) is 11.0. The number of carboxylic acid groups (broad SMARTS) is 1. The van der Waals surface area contributed by atoms with E-state index in [2.05, 4.69) is 19.8 Å². The molecule has 2 aromatic carbocycles. The molecule has 1 amide bonds. The number of hydrogen-bond donors (Lipinski definition) is 2. The molecule has 176 valence electrons. The van der Waals surface area contributed by atoms with Crippen LogP contribution in [0, 0.1) is 11.8 Å². The fourth-order valence-electron chi connectivity index (χ4n) is 4.37. The Bertz CT molecular complexity index is 1270. The van der Waals surface area contributed by atoms with Gasteiger partial charge in [-0.1, -0.05) is 32.0 Å². The Balaban J connectivity index is 1.40. The van der Waals surface area contributed by atoms with Crippen LogP contribution >= 0.6 is 0 Å². The molecule has 0 saturated heterocycles. The molecular formula is C25H22F2N2O5. The molecule has 34 heavy (non-hydrogen) atoms. The number of halogens is 2. The number of rotatable bonds is 5. The average Bonchev–Trinajstić information content (AvgIpc) is 3.53. The molecule has 1 fully saturated rings. The van der Waals surface area contributed by atoms with Crippen LogP contribution < -0.4 is 14.8 Å². The standard InChI is InChI=1S/C25H22F2N2O5/c1-13-10-20(28-21(14(13)2)15-4-3-5-16(11-15)22(30)31)29-23(32)24(8-9-24)17-6-7-18-19(12-17)34-25(26,27)33-18/h3-7,10-14H,8-9H2,1-2H3,(H,29,32)(H,30,31). The van der Waals surface area contributed by atoms with Gasteiger partial charge in [-0.2, -0.15) is 0 Å². The van der Waals surface area contributed by atoms with E-state index in [9.17, 15) is 23.5 Å². The van der Waals surface area contributed by atoms with E-state index in [0.717, 1.165) is 0 Å². The quantitative estimate of drug-likeness (QED) is 0.675. The molecule has 9 heteroatoms. The van der Waals surface area contributed by atoms with Crippen LogP contribution in [0.15, 0.2) is 59.4 Å². The van der Waals surface area contributed by atoms with Gasteiger partial charge in [0.1, 0.15) is 5.82 Å². The molecule has 0 bridgehead atoms. The number of aromatic carboxylic acids is 1. The number of ether oxygens (including phenoxy) is 2. The van der Waals surface area contributed by atoms with Crippen molar-refractivity contribution < 1.29 is 33.0 Å². The third-order valence-electron chi connectivity index (χ3n) is 6.67. The lowest BCUT2D eigenvalue weighted by atomic mass is 9.85. The fraction of sp³-hybridized carbons (Fsp3) is 0.320. The minimum Gasteiger partial charge on any atom is -0.478 e. The fourth-order valence-corrected chi connectivity index (χ4v) is 4.37. The minimum absolute atomic E-state index is 0.00936. The summed E-state index contributed by atoms with van der Waals surface area (Å²) in [6.45, 7) is 3.99. The first-order valence-electron chi connectivity index (χ1n) is 10.9. The number of amides is 1. The van der Waals surface area contributed by atoms with Crippen molar-refractivity contribution >= 4 is 17.6 Å². The number of carboxylic acids is 1. The van der Waals surface area contributed by atoms with Crippen LogP contribution in [0.2, 0.25) is 0 Å². The van der Waals surface area contributed by atoms with Crippen molar-refractivity contribution in [1.82, 2.24) is 5.32 Å². The highest BCUT2D eigenvalue weighted by atomic mass is 19.3. The van der Waals surface area contributed by atoms with Gasteiger partial charge in [0.25, 0.3) is 0 Å². The Kier molecular flexibility index (Phi) is 4.96. The molecule has 1 saturated carbocycles. The van der Waals surface area contributed by atoms with E-state index in [4.69, 9.17) is 0 Å². The summed E-state index contributed by atoms with van der Waals surface area (Å²) < 4.78 is 35.8. The normalized spacial score (nSPS) is 23.5. The van der Waals surface area contributed by atoms with Crippen molar-refractivity contribution in [3.63, 3.8) is 0 Å². The lowest BCUT2D eigenvalue weighted by molar-refractivity contribution is -0.286. The second-order valence-electron chi connectivity index (χ2n) is 8.95. The maximum absolute atomic E-state index is 13.4. The van der Waals surface area contributed by atoms with Gasteiger partial charge in [-0.15, -0.1) is 8.78 Å². The average molecular weight is 468 g/mol. The Morgan fingerprint density at radius 3 is 2.53 bits per heavy atom. The Labute approximate surface area is 194 Å². The van der Waals surface area contributed by atoms with E-state index in [0.29, 0.717) is 35.5 Å². The Morgan fingerprint density at radius 1 is 1.09 bits per heavy atom. The third kappa shape index (κ3) is 3.81. The number of alkyl halides is 2. The van der Waals surface area contributed by atoms with Crippen molar-refractivity contribution in [3.05, 3.63) is 71.1 Å². The highest BCUT2D eigenvalue weighted by Crippen LogP contribution is 2.52. The third-order valence-corrected chi connectivity index (χ3v) is 6.67. The lowest BCUT2D eigenvalue weighted by Gasteiger charge is -2.26. The number of nitrogens with one attached hydrogen (secondary N) is 1. The SMILES string of the molecule is CC1C=C(NC(=O)C2(c3ccc4c(c3)OC(F)(F)O4)CC2)N=C(c2cccc(C(=O)O)c2)C1C. The molecule has 3 aliphatic rings. The second kappa shape index (κ2) is 7.65. The molecule has 0 spiro atoms. The van der Waals surface area contributed by atoms with Gasteiger partial charge in [-0.25, -0.2) is 9.79 Å². The smallest absolute Gasteiger partial charge is 0.478 e. The highest BCUT2D eigenvalue weighted by Gasteiger charge is 2.53. The molecule has 2 unspecified atom stereocenters. The first-order chi connectivity index (χ1) is 16.1. The van der Waals surface area contributed by atoms with E-state index in [1.54, 1.807) is 24.3 Å². The molecule has 2 heterocycles.